The average Bonchev–Trinajstić information content (AvgIpc) is 2.45. The van der Waals surface area contributed by atoms with Gasteiger partial charge in [0.25, 0.3) is 0 Å². The number of benzene rings is 2. The highest BCUT2D eigenvalue weighted by Crippen LogP contribution is 2.27. The molecule has 5 heteroatoms. The van der Waals surface area contributed by atoms with Crippen molar-refractivity contribution >= 4 is 27.5 Å². The van der Waals surface area contributed by atoms with Gasteiger partial charge in [0.2, 0.25) is 0 Å². The fourth-order valence-electron chi connectivity index (χ4n) is 1.83. The molecule has 2 aromatic rings. The molecule has 0 aliphatic heterocycles. The van der Waals surface area contributed by atoms with Crippen LogP contribution in [0, 0.1) is 5.82 Å². The number of hydrogen-bond donors (Lipinski definition) is 1. The molecule has 0 saturated heterocycles. The highest BCUT2D eigenvalue weighted by atomic mass is 79.9. The molecule has 0 atom stereocenters. The van der Waals surface area contributed by atoms with Crippen molar-refractivity contribution in [2.75, 3.05) is 6.54 Å². The lowest BCUT2D eigenvalue weighted by atomic mass is 10.2. The maximum Gasteiger partial charge on any atom is 0.138 e. The Balaban J connectivity index is 2.02. The standard InChI is InChI=1S/C16H16BrClFNO/c1-2-20-9-11-3-6-16(14(18)7-11)21-10-12-4-5-13(17)8-15(12)19/h3-8,20H,2,9-10H2,1H3. The van der Waals surface area contributed by atoms with Gasteiger partial charge in [0, 0.05) is 16.6 Å². The zero-order valence-corrected chi connectivity index (χ0v) is 14.0. The summed E-state index contributed by atoms with van der Waals surface area (Å²) in [5.41, 5.74) is 1.58. The van der Waals surface area contributed by atoms with Crippen molar-refractivity contribution in [1.82, 2.24) is 5.32 Å². The predicted octanol–water partition coefficient (Wildman–Crippen LogP) is 4.93. The van der Waals surface area contributed by atoms with E-state index in [-0.39, 0.29) is 12.4 Å². The Morgan fingerprint density at radius 2 is 2.05 bits per heavy atom. The van der Waals surface area contributed by atoms with Gasteiger partial charge < -0.3 is 10.1 Å². The van der Waals surface area contributed by atoms with Gasteiger partial charge in [-0.25, -0.2) is 4.39 Å². The van der Waals surface area contributed by atoms with Crippen LogP contribution in [0.3, 0.4) is 0 Å². The van der Waals surface area contributed by atoms with E-state index in [1.807, 2.05) is 25.1 Å². The van der Waals surface area contributed by atoms with Crippen LogP contribution in [0.1, 0.15) is 18.1 Å². The maximum atomic E-state index is 13.7. The molecule has 2 rings (SSSR count). The van der Waals surface area contributed by atoms with Crippen LogP contribution in [-0.2, 0) is 13.2 Å². The van der Waals surface area contributed by atoms with Crippen molar-refractivity contribution in [3.8, 4) is 5.75 Å². The van der Waals surface area contributed by atoms with E-state index in [9.17, 15) is 4.39 Å². The summed E-state index contributed by atoms with van der Waals surface area (Å²) in [6.45, 7) is 3.85. The van der Waals surface area contributed by atoms with Gasteiger partial charge in [0.1, 0.15) is 18.2 Å². The Morgan fingerprint density at radius 3 is 2.71 bits per heavy atom. The van der Waals surface area contributed by atoms with E-state index in [1.165, 1.54) is 6.07 Å². The lowest BCUT2D eigenvalue weighted by Crippen LogP contribution is -2.11. The maximum absolute atomic E-state index is 13.7. The van der Waals surface area contributed by atoms with Crippen molar-refractivity contribution < 1.29 is 9.13 Å². The third-order valence-electron chi connectivity index (χ3n) is 2.97. The lowest BCUT2D eigenvalue weighted by molar-refractivity contribution is 0.300. The Labute approximate surface area is 137 Å². The molecule has 112 valence electrons. The lowest BCUT2D eigenvalue weighted by Gasteiger charge is -2.10. The van der Waals surface area contributed by atoms with E-state index in [1.54, 1.807) is 12.1 Å². The summed E-state index contributed by atoms with van der Waals surface area (Å²) in [4.78, 5) is 0. The van der Waals surface area contributed by atoms with Gasteiger partial charge >= 0.3 is 0 Å². The Bertz CT molecular complexity index is 621. The summed E-state index contributed by atoms with van der Waals surface area (Å²) in [7, 11) is 0. The van der Waals surface area contributed by atoms with E-state index < -0.39 is 0 Å². The van der Waals surface area contributed by atoms with Gasteiger partial charge in [-0.3, -0.25) is 0 Å². The predicted molar refractivity (Wildman–Crippen MR) is 87.3 cm³/mol. The van der Waals surface area contributed by atoms with Crippen LogP contribution < -0.4 is 10.1 Å². The minimum Gasteiger partial charge on any atom is -0.487 e. The van der Waals surface area contributed by atoms with Crippen molar-refractivity contribution in [3.63, 3.8) is 0 Å². The summed E-state index contributed by atoms with van der Waals surface area (Å²) in [5, 5.41) is 3.76. The Hall–Kier alpha value is -1.10. The number of halogens is 3. The molecule has 0 radical (unpaired) electrons. The highest BCUT2D eigenvalue weighted by molar-refractivity contribution is 9.10. The molecule has 0 saturated carbocycles. The van der Waals surface area contributed by atoms with Crippen molar-refractivity contribution in [3.05, 3.63) is 62.8 Å². The molecule has 0 aliphatic carbocycles. The summed E-state index contributed by atoms with van der Waals surface area (Å²) >= 11 is 9.41. The molecule has 0 bridgehead atoms. The Kier molecular flexibility index (Phi) is 6.03. The number of rotatable bonds is 6. The number of ether oxygens (including phenoxy) is 1. The molecule has 21 heavy (non-hydrogen) atoms. The highest BCUT2D eigenvalue weighted by Gasteiger charge is 2.07. The zero-order valence-electron chi connectivity index (χ0n) is 11.6. The van der Waals surface area contributed by atoms with Crippen LogP contribution >= 0.6 is 27.5 Å². The molecule has 0 spiro atoms. The van der Waals surface area contributed by atoms with E-state index in [0.717, 1.165) is 18.7 Å². The SMILES string of the molecule is CCNCc1ccc(OCc2ccc(Br)cc2F)c(Cl)c1. The van der Waals surface area contributed by atoms with Crippen LogP contribution in [0.15, 0.2) is 40.9 Å². The van der Waals surface area contributed by atoms with Gasteiger partial charge in [0.15, 0.2) is 0 Å². The molecule has 0 amide bonds. The molecule has 0 heterocycles. The topological polar surface area (TPSA) is 21.3 Å². The largest absolute Gasteiger partial charge is 0.487 e. The second kappa shape index (κ2) is 7.78. The minimum absolute atomic E-state index is 0.144. The summed E-state index contributed by atoms with van der Waals surface area (Å²) in [5.74, 6) is 0.253. The summed E-state index contributed by atoms with van der Waals surface area (Å²) in [6, 6.07) is 10.5. The first kappa shape index (κ1) is 16.3. The first-order valence-electron chi connectivity index (χ1n) is 6.66. The first-order chi connectivity index (χ1) is 10.1. The molecular formula is C16H16BrClFNO. The van der Waals surface area contributed by atoms with Crippen LogP contribution in [-0.4, -0.2) is 6.54 Å². The second-order valence-electron chi connectivity index (χ2n) is 4.57. The third-order valence-corrected chi connectivity index (χ3v) is 3.76. The molecule has 0 aromatic heterocycles. The van der Waals surface area contributed by atoms with Crippen LogP contribution in [0.25, 0.3) is 0 Å². The molecule has 1 N–H and O–H groups in total. The average molecular weight is 373 g/mol. The summed E-state index contributed by atoms with van der Waals surface area (Å²) in [6.07, 6.45) is 0. The van der Waals surface area contributed by atoms with Crippen LogP contribution in [0.5, 0.6) is 5.75 Å². The molecule has 0 aliphatic rings. The van der Waals surface area contributed by atoms with E-state index in [0.29, 0.717) is 20.8 Å². The van der Waals surface area contributed by atoms with E-state index >= 15 is 0 Å². The first-order valence-corrected chi connectivity index (χ1v) is 7.83. The molecule has 2 aromatic carbocycles. The van der Waals surface area contributed by atoms with Crippen LogP contribution in [0.2, 0.25) is 5.02 Å². The quantitative estimate of drug-likeness (QED) is 0.776. The fourth-order valence-corrected chi connectivity index (χ4v) is 2.43. The number of nitrogens with one attached hydrogen (secondary N) is 1. The zero-order chi connectivity index (χ0) is 15.2. The molecule has 2 nitrogen and oxygen atoms in total. The van der Waals surface area contributed by atoms with Gasteiger partial charge in [-0.15, -0.1) is 0 Å². The summed E-state index contributed by atoms with van der Waals surface area (Å²) < 4.78 is 20.0. The molecule has 0 unspecified atom stereocenters. The van der Waals surface area contributed by atoms with Crippen molar-refractivity contribution in [2.45, 2.75) is 20.1 Å². The van der Waals surface area contributed by atoms with Gasteiger partial charge in [0.05, 0.1) is 5.02 Å². The van der Waals surface area contributed by atoms with E-state index in [4.69, 9.17) is 16.3 Å². The van der Waals surface area contributed by atoms with Crippen molar-refractivity contribution in [2.24, 2.45) is 0 Å². The Morgan fingerprint density at radius 1 is 1.24 bits per heavy atom. The molecule has 0 fully saturated rings. The monoisotopic (exact) mass is 371 g/mol. The van der Waals surface area contributed by atoms with E-state index in [2.05, 4.69) is 21.2 Å². The minimum atomic E-state index is -0.302. The molecular weight excluding hydrogens is 357 g/mol. The van der Waals surface area contributed by atoms with Crippen LogP contribution in [0.4, 0.5) is 4.39 Å². The van der Waals surface area contributed by atoms with Gasteiger partial charge in [-0.1, -0.05) is 46.6 Å². The fraction of sp³-hybridized carbons (Fsp3) is 0.250. The normalized spacial score (nSPS) is 10.7. The van der Waals surface area contributed by atoms with Gasteiger partial charge in [-0.05, 0) is 36.4 Å². The third kappa shape index (κ3) is 4.70. The smallest absolute Gasteiger partial charge is 0.138 e. The van der Waals surface area contributed by atoms with Crippen molar-refractivity contribution in [1.29, 1.82) is 0 Å². The second-order valence-corrected chi connectivity index (χ2v) is 5.89. The number of hydrogen-bond acceptors (Lipinski definition) is 2. The van der Waals surface area contributed by atoms with Gasteiger partial charge in [-0.2, -0.15) is 0 Å².